The van der Waals surface area contributed by atoms with Gasteiger partial charge in [-0.1, -0.05) is 42.8 Å². The first-order valence-corrected chi connectivity index (χ1v) is 8.50. The predicted octanol–water partition coefficient (Wildman–Crippen LogP) is 3.79. The maximum atomic E-state index is 12.5. The van der Waals surface area contributed by atoms with E-state index in [9.17, 15) is 4.79 Å². The number of carbonyl (C=O) groups excluding carboxylic acids is 1. The average molecular weight is 363 g/mol. The molecule has 6 heteroatoms. The molecular formula is C19H23ClN2O3. The highest BCUT2D eigenvalue weighted by Gasteiger charge is 2.15. The predicted molar refractivity (Wildman–Crippen MR) is 100.0 cm³/mol. The molecule has 134 valence electrons. The normalized spacial score (nSPS) is 10.5. The SMILES string of the molecule is CCCOCc1ccccc1CNC(=O)c1cc(Cl)c(N)cc1OC. The molecule has 25 heavy (non-hydrogen) atoms. The van der Waals surface area contributed by atoms with Crippen LogP contribution in [0, 0.1) is 0 Å². The monoisotopic (exact) mass is 362 g/mol. The molecule has 2 rings (SSSR count). The van der Waals surface area contributed by atoms with E-state index in [1.54, 1.807) is 6.07 Å². The number of hydrogen-bond acceptors (Lipinski definition) is 4. The van der Waals surface area contributed by atoms with Crippen LogP contribution in [-0.4, -0.2) is 19.6 Å². The number of ether oxygens (including phenoxy) is 2. The molecule has 0 atom stereocenters. The summed E-state index contributed by atoms with van der Waals surface area (Å²) in [6.45, 7) is 3.69. The van der Waals surface area contributed by atoms with Gasteiger partial charge in [0, 0.05) is 19.2 Å². The quantitative estimate of drug-likeness (QED) is 0.553. The van der Waals surface area contributed by atoms with E-state index in [0.29, 0.717) is 41.8 Å². The summed E-state index contributed by atoms with van der Waals surface area (Å²) in [6, 6.07) is 10.9. The fourth-order valence-corrected chi connectivity index (χ4v) is 2.55. The molecule has 0 saturated carbocycles. The van der Waals surface area contributed by atoms with Gasteiger partial charge in [0.25, 0.3) is 5.91 Å². The van der Waals surface area contributed by atoms with E-state index in [-0.39, 0.29) is 5.91 Å². The summed E-state index contributed by atoms with van der Waals surface area (Å²) in [5.74, 6) is 0.113. The molecule has 5 nitrogen and oxygen atoms in total. The Balaban J connectivity index is 2.09. The van der Waals surface area contributed by atoms with Gasteiger partial charge in [0.2, 0.25) is 0 Å². The maximum Gasteiger partial charge on any atom is 0.255 e. The van der Waals surface area contributed by atoms with Gasteiger partial charge in [-0.25, -0.2) is 0 Å². The topological polar surface area (TPSA) is 73.6 Å². The summed E-state index contributed by atoms with van der Waals surface area (Å²) in [5, 5.41) is 3.21. The summed E-state index contributed by atoms with van der Waals surface area (Å²) in [5.41, 5.74) is 8.53. The molecule has 0 radical (unpaired) electrons. The van der Waals surface area contributed by atoms with E-state index in [1.165, 1.54) is 13.2 Å². The Morgan fingerprint density at radius 1 is 1.24 bits per heavy atom. The number of carbonyl (C=O) groups is 1. The Kier molecular flexibility index (Phi) is 7.10. The van der Waals surface area contributed by atoms with Crippen molar-refractivity contribution in [2.24, 2.45) is 0 Å². The summed E-state index contributed by atoms with van der Waals surface area (Å²) in [4.78, 5) is 12.5. The summed E-state index contributed by atoms with van der Waals surface area (Å²) in [6.07, 6.45) is 0.969. The Labute approximate surface area is 153 Å². The third kappa shape index (κ3) is 5.11. The van der Waals surface area contributed by atoms with Crippen molar-refractivity contribution in [2.45, 2.75) is 26.5 Å². The highest BCUT2D eigenvalue weighted by Crippen LogP contribution is 2.28. The van der Waals surface area contributed by atoms with Crippen LogP contribution in [0.2, 0.25) is 5.02 Å². The van der Waals surface area contributed by atoms with Crippen molar-refractivity contribution in [2.75, 3.05) is 19.5 Å². The summed E-state index contributed by atoms with van der Waals surface area (Å²) < 4.78 is 10.8. The van der Waals surface area contributed by atoms with Crippen molar-refractivity contribution in [3.63, 3.8) is 0 Å². The second kappa shape index (κ2) is 9.30. The number of benzene rings is 2. The van der Waals surface area contributed by atoms with Crippen molar-refractivity contribution in [3.05, 3.63) is 58.1 Å². The van der Waals surface area contributed by atoms with Crippen molar-refractivity contribution < 1.29 is 14.3 Å². The molecule has 2 aromatic carbocycles. The minimum atomic E-state index is -0.275. The number of anilines is 1. The molecule has 0 saturated heterocycles. The third-order valence-electron chi connectivity index (χ3n) is 3.73. The maximum absolute atomic E-state index is 12.5. The number of halogens is 1. The van der Waals surface area contributed by atoms with Gasteiger partial charge in [0.1, 0.15) is 5.75 Å². The number of nitrogen functional groups attached to an aromatic ring is 1. The van der Waals surface area contributed by atoms with E-state index in [4.69, 9.17) is 26.8 Å². The zero-order valence-electron chi connectivity index (χ0n) is 14.5. The summed E-state index contributed by atoms with van der Waals surface area (Å²) in [7, 11) is 1.49. The Hall–Kier alpha value is -2.24. The molecule has 0 aliphatic carbocycles. The smallest absolute Gasteiger partial charge is 0.255 e. The zero-order chi connectivity index (χ0) is 18.2. The lowest BCUT2D eigenvalue weighted by Gasteiger charge is -2.13. The van der Waals surface area contributed by atoms with Gasteiger partial charge in [-0.15, -0.1) is 0 Å². The lowest BCUT2D eigenvalue weighted by molar-refractivity contribution is 0.0946. The highest BCUT2D eigenvalue weighted by molar-refractivity contribution is 6.33. The molecule has 0 aromatic heterocycles. The molecule has 0 bridgehead atoms. The second-order valence-electron chi connectivity index (χ2n) is 5.58. The van der Waals surface area contributed by atoms with E-state index in [2.05, 4.69) is 12.2 Å². The van der Waals surface area contributed by atoms with Crippen LogP contribution in [0.1, 0.15) is 34.8 Å². The second-order valence-corrected chi connectivity index (χ2v) is 5.99. The van der Waals surface area contributed by atoms with Gasteiger partial charge in [-0.2, -0.15) is 0 Å². The highest BCUT2D eigenvalue weighted by atomic mass is 35.5. The van der Waals surface area contributed by atoms with Gasteiger partial charge < -0.3 is 20.5 Å². The minimum Gasteiger partial charge on any atom is -0.496 e. The fraction of sp³-hybridized carbons (Fsp3) is 0.316. The standard InChI is InChI=1S/C19H23ClN2O3/c1-3-8-25-12-14-7-5-4-6-13(14)11-22-19(23)15-9-16(20)17(21)10-18(15)24-2/h4-7,9-10H,3,8,11-12,21H2,1-2H3,(H,22,23). The van der Waals surface area contributed by atoms with Crippen LogP contribution in [0.25, 0.3) is 0 Å². The van der Waals surface area contributed by atoms with Crippen LogP contribution in [0.15, 0.2) is 36.4 Å². The van der Waals surface area contributed by atoms with Gasteiger partial charge in [0.15, 0.2) is 0 Å². The average Bonchev–Trinajstić information content (AvgIpc) is 2.62. The van der Waals surface area contributed by atoms with E-state index in [1.807, 2.05) is 24.3 Å². The van der Waals surface area contributed by atoms with Gasteiger partial charge in [-0.3, -0.25) is 4.79 Å². The van der Waals surface area contributed by atoms with Crippen LogP contribution in [0.5, 0.6) is 5.75 Å². The van der Waals surface area contributed by atoms with E-state index < -0.39 is 0 Å². The van der Waals surface area contributed by atoms with E-state index in [0.717, 1.165) is 17.5 Å². The molecule has 0 spiro atoms. The number of amides is 1. The third-order valence-corrected chi connectivity index (χ3v) is 4.05. The number of methoxy groups -OCH3 is 1. The molecule has 3 N–H and O–H groups in total. The molecule has 0 aliphatic rings. The molecule has 1 amide bonds. The summed E-state index contributed by atoms with van der Waals surface area (Å²) >= 11 is 6.02. The number of hydrogen-bond donors (Lipinski definition) is 2. The van der Waals surface area contributed by atoms with Crippen molar-refractivity contribution in [1.82, 2.24) is 5.32 Å². The Bertz CT molecular complexity index is 735. The molecule has 0 heterocycles. The molecule has 2 aromatic rings. The number of rotatable bonds is 8. The van der Waals surface area contributed by atoms with Crippen LogP contribution in [-0.2, 0) is 17.9 Å². The lowest BCUT2D eigenvalue weighted by Crippen LogP contribution is -2.24. The van der Waals surface area contributed by atoms with Crippen LogP contribution >= 0.6 is 11.6 Å². The molecular weight excluding hydrogens is 340 g/mol. The van der Waals surface area contributed by atoms with Crippen LogP contribution in [0.3, 0.4) is 0 Å². The largest absolute Gasteiger partial charge is 0.496 e. The first kappa shape index (κ1) is 19.1. The van der Waals surface area contributed by atoms with Gasteiger partial charge in [-0.05, 0) is 23.6 Å². The lowest BCUT2D eigenvalue weighted by atomic mass is 10.1. The van der Waals surface area contributed by atoms with Gasteiger partial charge in [0.05, 0.1) is 30.0 Å². The minimum absolute atomic E-state index is 0.275. The van der Waals surface area contributed by atoms with Crippen molar-refractivity contribution >= 4 is 23.2 Å². The molecule has 0 aliphatic heterocycles. The van der Waals surface area contributed by atoms with Crippen LogP contribution < -0.4 is 15.8 Å². The van der Waals surface area contributed by atoms with Crippen LogP contribution in [0.4, 0.5) is 5.69 Å². The first-order valence-electron chi connectivity index (χ1n) is 8.12. The van der Waals surface area contributed by atoms with Crippen molar-refractivity contribution in [1.29, 1.82) is 0 Å². The number of nitrogens with one attached hydrogen (secondary N) is 1. The fourth-order valence-electron chi connectivity index (χ4n) is 2.38. The Morgan fingerprint density at radius 3 is 2.64 bits per heavy atom. The molecule has 0 unspecified atom stereocenters. The van der Waals surface area contributed by atoms with Gasteiger partial charge >= 0.3 is 0 Å². The first-order chi connectivity index (χ1) is 12.1. The molecule has 0 fully saturated rings. The zero-order valence-corrected chi connectivity index (χ0v) is 15.2. The number of nitrogens with two attached hydrogens (primary N) is 1. The van der Waals surface area contributed by atoms with E-state index >= 15 is 0 Å². The Morgan fingerprint density at radius 2 is 1.96 bits per heavy atom. The van der Waals surface area contributed by atoms with Crippen molar-refractivity contribution in [3.8, 4) is 5.75 Å².